The second-order valence-electron chi connectivity index (χ2n) is 6.41. The number of nitrogens with one attached hydrogen (secondary N) is 2. The first-order valence-electron chi connectivity index (χ1n) is 8.40. The zero-order valence-electron chi connectivity index (χ0n) is 15.6. The van der Waals surface area contributed by atoms with Gasteiger partial charge >= 0.3 is 0 Å². The van der Waals surface area contributed by atoms with Gasteiger partial charge in [-0.3, -0.25) is 4.79 Å². The van der Waals surface area contributed by atoms with Gasteiger partial charge in [-0.05, 0) is 48.7 Å². The molecule has 2 aromatic carbocycles. The predicted molar refractivity (Wildman–Crippen MR) is 110 cm³/mol. The van der Waals surface area contributed by atoms with Crippen molar-refractivity contribution >= 4 is 37.5 Å². The maximum absolute atomic E-state index is 12.8. The number of anilines is 1. The van der Waals surface area contributed by atoms with Gasteiger partial charge in [-0.25, -0.2) is 8.42 Å². The highest BCUT2D eigenvalue weighted by Gasteiger charge is 2.26. The molecule has 6 nitrogen and oxygen atoms in total. The molecule has 8 heteroatoms. The van der Waals surface area contributed by atoms with Crippen LogP contribution in [-0.4, -0.2) is 27.5 Å². The molecule has 0 aliphatic carbocycles. The molecular formula is C19H23BrN2O4S. The van der Waals surface area contributed by atoms with E-state index < -0.39 is 22.0 Å². The third kappa shape index (κ3) is 5.54. The summed E-state index contributed by atoms with van der Waals surface area (Å²) >= 11 is 3.33. The van der Waals surface area contributed by atoms with E-state index in [4.69, 9.17) is 4.74 Å². The lowest BCUT2D eigenvalue weighted by Crippen LogP contribution is -2.41. The zero-order chi connectivity index (χ0) is 20.2. The molecule has 1 unspecified atom stereocenters. The molecule has 1 amide bonds. The number of halogens is 1. The molecule has 2 rings (SSSR count). The van der Waals surface area contributed by atoms with Crippen LogP contribution in [0.2, 0.25) is 0 Å². The highest BCUT2D eigenvalue weighted by Crippen LogP contribution is 2.28. The van der Waals surface area contributed by atoms with E-state index in [9.17, 15) is 13.2 Å². The van der Waals surface area contributed by atoms with E-state index in [-0.39, 0.29) is 16.6 Å². The molecule has 0 saturated carbocycles. The van der Waals surface area contributed by atoms with E-state index in [1.807, 2.05) is 26.0 Å². The van der Waals surface area contributed by atoms with Crippen LogP contribution in [-0.2, 0) is 14.8 Å². The van der Waals surface area contributed by atoms with Gasteiger partial charge in [0.2, 0.25) is 15.9 Å². The summed E-state index contributed by atoms with van der Waals surface area (Å²) in [6.07, 6.45) is 0. The highest BCUT2D eigenvalue weighted by atomic mass is 79.9. The molecule has 0 aliphatic heterocycles. The van der Waals surface area contributed by atoms with E-state index >= 15 is 0 Å². The summed E-state index contributed by atoms with van der Waals surface area (Å²) < 4.78 is 34.1. The van der Waals surface area contributed by atoms with Crippen LogP contribution in [0.3, 0.4) is 0 Å². The average molecular weight is 455 g/mol. The quantitative estimate of drug-likeness (QED) is 0.664. The average Bonchev–Trinajstić information content (AvgIpc) is 2.60. The number of methoxy groups -OCH3 is 1. The van der Waals surface area contributed by atoms with Crippen molar-refractivity contribution in [1.29, 1.82) is 0 Å². The second-order valence-corrected chi connectivity index (χ2v) is 9.01. The molecule has 0 saturated heterocycles. The number of ether oxygens (including phenoxy) is 1. The fourth-order valence-electron chi connectivity index (χ4n) is 2.43. The summed E-state index contributed by atoms with van der Waals surface area (Å²) in [7, 11) is -2.54. The van der Waals surface area contributed by atoms with Crippen molar-refractivity contribution in [3.8, 4) is 5.75 Å². The number of sulfonamides is 1. The van der Waals surface area contributed by atoms with Gasteiger partial charge in [0.15, 0.2) is 0 Å². The lowest BCUT2D eigenvalue weighted by atomic mass is 10.0. The Morgan fingerprint density at radius 3 is 2.41 bits per heavy atom. The van der Waals surface area contributed by atoms with Crippen molar-refractivity contribution in [1.82, 2.24) is 4.72 Å². The summed E-state index contributed by atoms with van der Waals surface area (Å²) in [6, 6.07) is 11.1. The van der Waals surface area contributed by atoms with Crippen LogP contribution in [0.25, 0.3) is 0 Å². The fourth-order valence-corrected chi connectivity index (χ4v) is 4.24. The Kier molecular flexibility index (Phi) is 7.02. The van der Waals surface area contributed by atoms with Gasteiger partial charge in [-0.2, -0.15) is 4.72 Å². The van der Waals surface area contributed by atoms with Crippen molar-refractivity contribution < 1.29 is 17.9 Å². The SMILES string of the molecule is COc1ccc(C(C)C)cc1S(=O)(=O)NC(C)C(=O)Nc1cccc(Br)c1. The third-order valence-electron chi connectivity index (χ3n) is 3.96. The van der Waals surface area contributed by atoms with E-state index in [2.05, 4.69) is 26.0 Å². The van der Waals surface area contributed by atoms with Crippen LogP contribution in [0, 0.1) is 0 Å². The molecule has 1 atom stereocenters. The topological polar surface area (TPSA) is 84.5 Å². The molecule has 0 aliphatic rings. The van der Waals surface area contributed by atoms with Crippen molar-refractivity contribution in [2.45, 2.75) is 37.6 Å². The van der Waals surface area contributed by atoms with Gasteiger partial charge in [0.1, 0.15) is 10.6 Å². The molecule has 0 aromatic heterocycles. The van der Waals surface area contributed by atoms with Gasteiger partial charge in [0, 0.05) is 10.2 Å². The molecule has 0 heterocycles. The standard InChI is InChI=1S/C19H23BrN2O4S/c1-12(2)14-8-9-17(26-4)18(10-14)27(24,25)22-13(3)19(23)21-16-7-5-6-15(20)11-16/h5-13,22H,1-4H3,(H,21,23). The monoisotopic (exact) mass is 454 g/mol. The Bertz CT molecular complexity index is 929. The summed E-state index contributed by atoms with van der Waals surface area (Å²) in [6.45, 7) is 5.43. The minimum absolute atomic E-state index is 0.0123. The minimum atomic E-state index is -3.95. The van der Waals surface area contributed by atoms with E-state index in [1.54, 1.807) is 30.3 Å². The smallest absolute Gasteiger partial charge is 0.244 e. The molecule has 0 bridgehead atoms. The first kappa shape index (κ1) is 21.4. The molecular weight excluding hydrogens is 432 g/mol. The first-order chi connectivity index (χ1) is 12.6. The molecule has 0 spiro atoms. The number of hydrogen-bond acceptors (Lipinski definition) is 4. The molecule has 0 radical (unpaired) electrons. The largest absolute Gasteiger partial charge is 0.495 e. The van der Waals surface area contributed by atoms with Crippen molar-refractivity contribution in [3.63, 3.8) is 0 Å². The summed E-state index contributed by atoms with van der Waals surface area (Å²) in [5, 5.41) is 2.69. The van der Waals surface area contributed by atoms with Gasteiger partial charge < -0.3 is 10.1 Å². The van der Waals surface area contributed by atoms with E-state index in [0.29, 0.717) is 5.69 Å². The van der Waals surface area contributed by atoms with Crippen molar-refractivity contribution in [2.75, 3.05) is 12.4 Å². The third-order valence-corrected chi connectivity index (χ3v) is 6.02. The van der Waals surface area contributed by atoms with E-state index in [1.165, 1.54) is 14.0 Å². The fraction of sp³-hybridized carbons (Fsp3) is 0.316. The Morgan fingerprint density at radius 1 is 1.11 bits per heavy atom. The summed E-state index contributed by atoms with van der Waals surface area (Å²) in [4.78, 5) is 12.4. The van der Waals surface area contributed by atoms with Gasteiger partial charge in [0.05, 0.1) is 13.2 Å². The number of rotatable bonds is 7. The maximum atomic E-state index is 12.8. The minimum Gasteiger partial charge on any atom is -0.495 e. The van der Waals surface area contributed by atoms with Crippen LogP contribution in [0.1, 0.15) is 32.3 Å². The van der Waals surface area contributed by atoms with Crippen molar-refractivity contribution in [3.05, 3.63) is 52.5 Å². The van der Waals surface area contributed by atoms with Crippen LogP contribution in [0.5, 0.6) is 5.75 Å². The normalized spacial score (nSPS) is 12.7. The molecule has 0 fully saturated rings. The first-order valence-corrected chi connectivity index (χ1v) is 10.7. The Hall–Kier alpha value is -1.90. The van der Waals surface area contributed by atoms with Crippen LogP contribution in [0.15, 0.2) is 51.8 Å². The Labute approximate surface area is 168 Å². The summed E-state index contributed by atoms with van der Waals surface area (Å²) in [5.41, 5.74) is 1.43. The van der Waals surface area contributed by atoms with Crippen LogP contribution in [0.4, 0.5) is 5.69 Å². The molecule has 2 N–H and O–H groups in total. The summed E-state index contributed by atoms with van der Waals surface area (Å²) in [5.74, 6) is -0.0794. The number of benzene rings is 2. The van der Waals surface area contributed by atoms with Gasteiger partial charge in [-0.1, -0.05) is 41.9 Å². The van der Waals surface area contributed by atoms with Crippen LogP contribution < -0.4 is 14.8 Å². The lowest BCUT2D eigenvalue weighted by molar-refractivity contribution is -0.117. The van der Waals surface area contributed by atoms with Gasteiger partial charge in [0.25, 0.3) is 0 Å². The van der Waals surface area contributed by atoms with Crippen LogP contribution >= 0.6 is 15.9 Å². The van der Waals surface area contributed by atoms with Crippen molar-refractivity contribution in [2.24, 2.45) is 0 Å². The maximum Gasteiger partial charge on any atom is 0.244 e. The lowest BCUT2D eigenvalue weighted by Gasteiger charge is -2.17. The number of carbonyl (C=O) groups is 1. The number of carbonyl (C=O) groups excluding carboxylic acids is 1. The number of amides is 1. The predicted octanol–water partition coefficient (Wildman–Crippen LogP) is 3.89. The Balaban J connectivity index is 2.22. The zero-order valence-corrected chi connectivity index (χ0v) is 18.0. The molecule has 146 valence electrons. The highest BCUT2D eigenvalue weighted by molar-refractivity contribution is 9.10. The molecule has 2 aromatic rings. The van der Waals surface area contributed by atoms with Gasteiger partial charge in [-0.15, -0.1) is 0 Å². The second kappa shape index (κ2) is 8.86. The Morgan fingerprint density at radius 2 is 1.81 bits per heavy atom. The van der Waals surface area contributed by atoms with E-state index in [0.717, 1.165) is 10.0 Å². The number of hydrogen-bond donors (Lipinski definition) is 2. The molecule has 27 heavy (non-hydrogen) atoms.